The van der Waals surface area contributed by atoms with Gasteiger partial charge in [0.1, 0.15) is 34.7 Å². The van der Waals surface area contributed by atoms with E-state index in [0.717, 1.165) is 22.9 Å². The van der Waals surface area contributed by atoms with Crippen LogP contribution in [0.2, 0.25) is 0 Å². The van der Waals surface area contributed by atoms with E-state index in [1.54, 1.807) is 38.4 Å². The molecule has 0 radical (unpaired) electrons. The number of benzene rings is 2. The number of rotatable bonds is 15. The van der Waals surface area contributed by atoms with Crippen LogP contribution in [0.3, 0.4) is 0 Å². The van der Waals surface area contributed by atoms with Crippen LogP contribution in [0.15, 0.2) is 91.5 Å². The quantitative estimate of drug-likeness (QED) is 0.104. The number of hydrogen-bond acceptors (Lipinski definition) is 11. The topological polar surface area (TPSA) is 150 Å². The molecule has 14 nitrogen and oxygen atoms in total. The van der Waals surface area contributed by atoms with Gasteiger partial charge >= 0.3 is 12.1 Å². The van der Waals surface area contributed by atoms with Crippen molar-refractivity contribution in [2.75, 3.05) is 23.9 Å². The molecule has 6 rings (SSSR count). The summed E-state index contributed by atoms with van der Waals surface area (Å²) in [5.41, 5.74) is 3.60. The third-order valence-corrected chi connectivity index (χ3v) is 8.59. The first-order valence-electron chi connectivity index (χ1n) is 18.3. The number of alkyl carbamates (subject to hydrolysis) is 1. The number of nitrogens with one attached hydrogen (secondary N) is 2. The molecule has 0 spiro atoms. The van der Waals surface area contributed by atoms with Crippen LogP contribution in [0.5, 0.6) is 5.88 Å². The summed E-state index contributed by atoms with van der Waals surface area (Å²) in [7, 11) is 1.30. The number of pyridine rings is 1. The van der Waals surface area contributed by atoms with E-state index in [2.05, 4.69) is 49.9 Å². The fraction of sp³-hybridized carbons (Fsp3) is 0.317. The van der Waals surface area contributed by atoms with E-state index >= 15 is 0 Å². The fourth-order valence-electron chi connectivity index (χ4n) is 6.05. The molecule has 0 aliphatic heterocycles. The van der Waals surface area contributed by atoms with E-state index in [4.69, 9.17) is 24.3 Å². The van der Waals surface area contributed by atoms with Crippen molar-refractivity contribution < 1.29 is 28.2 Å². The number of methoxy groups -OCH3 is 1. The lowest BCUT2D eigenvalue weighted by Crippen LogP contribution is -2.37. The van der Waals surface area contributed by atoms with Crippen molar-refractivity contribution in [2.24, 2.45) is 0 Å². The lowest BCUT2D eigenvalue weighted by atomic mass is 10.1. The maximum absolute atomic E-state index is 14.8. The summed E-state index contributed by atoms with van der Waals surface area (Å²) >= 11 is 0. The minimum absolute atomic E-state index is 0.0168. The molecule has 56 heavy (non-hydrogen) atoms. The van der Waals surface area contributed by atoms with Gasteiger partial charge in [0, 0.05) is 43.5 Å². The SMILES string of the molecule is CCn1cc(-c2c(NCc3cc(F)cnc3OC(C)CNC(=O)OC(C)(C)C)nc3c(C(=O)OC)cnn3c2N(Cc2ccccc2)Cc2ccccc2)cn1. The molecule has 0 bridgehead atoms. The Hall–Kier alpha value is -6.51. The van der Waals surface area contributed by atoms with Crippen LogP contribution < -0.4 is 20.3 Å². The van der Waals surface area contributed by atoms with Crippen LogP contribution in [-0.2, 0) is 35.7 Å². The van der Waals surface area contributed by atoms with E-state index in [0.29, 0.717) is 42.4 Å². The van der Waals surface area contributed by atoms with Crippen LogP contribution in [0.25, 0.3) is 16.8 Å². The van der Waals surface area contributed by atoms with Gasteiger partial charge < -0.3 is 29.7 Å². The van der Waals surface area contributed by atoms with Crippen LogP contribution >= 0.6 is 0 Å². The number of esters is 1. The minimum atomic E-state index is -0.662. The molecule has 0 aliphatic carbocycles. The van der Waals surface area contributed by atoms with Gasteiger partial charge in [-0.2, -0.15) is 14.7 Å². The Labute approximate surface area is 324 Å². The van der Waals surface area contributed by atoms with Gasteiger partial charge in [-0.15, -0.1) is 0 Å². The Kier molecular flexibility index (Phi) is 12.1. The van der Waals surface area contributed by atoms with Crippen molar-refractivity contribution in [1.82, 2.24) is 34.7 Å². The Morgan fingerprint density at radius 2 is 1.64 bits per heavy atom. The molecule has 4 aromatic heterocycles. The van der Waals surface area contributed by atoms with E-state index in [-0.39, 0.29) is 30.2 Å². The molecule has 1 atom stereocenters. The number of carbonyl (C=O) groups is 2. The van der Waals surface area contributed by atoms with Crippen molar-refractivity contribution in [2.45, 2.75) is 72.5 Å². The Balaban J connectivity index is 1.46. The number of ether oxygens (including phenoxy) is 3. The number of aryl methyl sites for hydroxylation is 1. The summed E-state index contributed by atoms with van der Waals surface area (Å²) in [6.45, 7) is 10.8. The van der Waals surface area contributed by atoms with Crippen molar-refractivity contribution in [3.8, 4) is 17.0 Å². The molecule has 0 fully saturated rings. The molecular formula is C41H46FN9O5. The number of anilines is 2. The molecule has 292 valence electrons. The summed E-state index contributed by atoms with van der Waals surface area (Å²) in [6.07, 6.45) is 5.06. The number of carbonyl (C=O) groups excluding carboxylic acids is 2. The predicted molar refractivity (Wildman–Crippen MR) is 210 cm³/mol. The maximum atomic E-state index is 14.8. The van der Waals surface area contributed by atoms with Gasteiger partial charge in [-0.1, -0.05) is 60.7 Å². The average molecular weight is 764 g/mol. The summed E-state index contributed by atoms with van der Waals surface area (Å²) in [5.74, 6) is -0.00888. The molecule has 1 amide bonds. The smallest absolute Gasteiger partial charge is 0.407 e. The zero-order valence-electron chi connectivity index (χ0n) is 32.3. The largest absolute Gasteiger partial charge is 0.473 e. The molecule has 0 saturated carbocycles. The second-order valence-corrected chi connectivity index (χ2v) is 14.1. The Morgan fingerprint density at radius 1 is 0.964 bits per heavy atom. The molecule has 2 N–H and O–H groups in total. The fourth-order valence-corrected chi connectivity index (χ4v) is 6.05. The van der Waals surface area contributed by atoms with Crippen molar-refractivity contribution in [1.29, 1.82) is 0 Å². The lowest BCUT2D eigenvalue weighted by molar-refractivity contribution is 0.0503. The first-order valence-corrected chi connectivity index (χ1v) is 18.3. The highest BCUT2D eigenvalue weighted by molar-refractivity contribution is 5.97. The molecule has 2 aromatic carbocycles. The van der Waals surface area contributed by atoms with Gasteiger partial charge in [0.05, 0.1) is 37.8 Å². The molecule has 4 heterocycles. The van der Waals surface area contributed by atoms with E-state index in [1.165, 1.54) is 19.4 Å². The van der Waals surface area contributed by atoms with Crippen molar-refractivity contribution in [3.63, 3.8) is 0 Å². The second kappa shape index (κ2) is 17.3. The zero-order valence-corrected chi connectivity index (χ0v) is 32.3. The summed E-state index contributed by atoms with van der Waals surface area (Å²) in [6, 6.07) is 21.4. The first kappa shape index (κ1) is 39.2. The second-order valence-electron chi connectivity index (χ2n) is 14.1. The number of nitrogens with zero attached hydrogens (tertiary/aromatic N) is 7. The summed E-state index contributed by atoms with van der Waals surface area (Å²) < 4.78 is 34.9. The number of hydrogen-bond donors (Lipinski definition) is 2. The zero-order chi connectivity index (χ0) is 39.8. The monoisotopic (exact) mass is 763 g/mol. The Bertz CT molecular complexity index is 2230. The highest BCUT2D eigenvalue weighted by atomic mass is 19.1. The molecular weight excluding hydrogens is 718 g/mol. The number of fused-ring (bicyclic) bond motifs is 1. The lowest BCUT2D eigenvalue weighted by Gasteiger charge is -2.29. The standard InChI is InChI=1S/C41H46FN9O5/c1-7-50-26-31(21-46-50)34-35(43-20-30-18-32(42)22-44-37(30)55-27(2)19-45-40(53)56-41(3,4)5)48-36-33(39(52)54-6)23-47-51(36)38(34)49(24-28-14-10-8-11-15-28)25-29-16-12-9-13-17-29/h8-18,21-23,26-27H,7,19-20,24-25H2,1-6H3,(H,43,48)(H,45,53). The highest BCUT2D eigenvalue weighted by Crippen LogP contribution is 2.39. The molecule has 0 saturated heterocycles. The summed E-state index contributed by atoms with van der Waals surface area (Å²) in [4.78, 5) is 36.8. The van der Waals surface area contributed by atoms with Gasteiger partial charge in [0.15, 0.2) is 5.65 Å². The predicted octanol–water partition coefficient (Wildman–Crippen LogP) is 7.04. The number of amides is 1. The van der Waals surface area contributed by atoms with Gasteiger partial charge in [-0.25, -0.2) is 23.9 Å². The van der Waals surface area contributed by atoms with E-state index in [9.17, 15) is 14.0 Å². The number of halogens is 1. The van der Waals surface area contributed by atoms with Crippen molar-refractivity contribution in [3.05, 3.63) is 120 Å². The van der Waals surface area contributed by atoms with Crippen LogP contribution in [-0.4, -0.2) is 66.8 Å². The Morgan fingerprint density at radius 3 is 2.25 bits per heavy atom. The normalized spacial score (nSPS) is 11.9. The van der Waals surface area contributed by atoms with E-state index in [1.807, 2.05) is 54.2 Å². The first-order chi connectivity index (χ1) is 26.9. The van der Waals surface area contributed by atoms with Gasteiger partial charge in [0.2, 0.25) is 5.88 Å². The number of aromatic nitrogens is 6. The molecule has 15 heteroatoms. The maximum Gasteiger partial charge on any atom is 0.407 e. The third kappa shape index (κ3) is 9.58. The molecule has 1 unspecified atom stereocenters. The van der Waals surface area contributed by atoms with Crippen molar-refractivity contribution >= 4 is 29.3 Å². The molecule has 6 aromatic rings. The highest BCUT2D eigenvalue weighted by Gasteiger charge is 2.28. The van der Waals surface area contributed by atoms with Gasteiger partial charge in [-0.05, 0) is 51.8 Å². The molecule has 0 aliphatic rings. The van der Waals surface area contributed by atoms with Gasteiger partial charge in [0.25, 0.3) is 0 Å². The van der Waals surface area contributed by atoms with Gasteiger partial charge in [-0.3, -0.25) is 4.68 Å². The minimum Gasteiger partial charge on any atom is -0.473 e. The van der Waals surface area contributed by atoms with Crippen LogP contribution in [0.1, 0.15) is 61.7 Å². The third-order valence-electron chi connectivity index (χ3n) is 8.59. The van der Waals surface area contributed by atoms with Crippen LogP contribution in [0, 0.1) is 5.82 Å². The average Bonchev–Trinajstić information content (AvgIpc) is 3.84. The van der Waals surface area contributed by atoms with Crippen LogP contribution in [0.4, 0.5) is 20.8 Å². The summed E-state index contributed by atoms with van der Waals surface area (Å²) in [5, 5.41) is 15.4. The van der Waals surface area contributed by atoms with E-state index < -0.39 is 29.6 Å².